The van der Waals surface area contributed by atoms with Gasteiger partial charge in [-0.25, -0.2) is 13.2 Å². The third-order valence-electron chi connectivity index (χ3n) is 3.78. The Hall–Kier alpha value is -2.48. The first-order valence-electron chi connectivity index (χ1n) is 7.72. The van der Waals surface area contributed by atoms with Gasteiger partial charge in [-0.15, -0.1) is 0 Å². The zero-order chi connectivity index (χ0) is 18.6. The van der Waals surface area contributed by atoms with E-state index in [1.807, 2.05) is 0 Å². The van der Waals surface area contributed by atoms with Crippen LogP contribution in [0.1, 0.15) is 13.8 Å². The first-order valence-corrected chi connectivity index (χ1v) is 9.16. The van der Waals surface area contributed by atoms with Gasteiger partial charge in [-0.05, 0) is 36.2 Å². The van der Waals surface area contributed by atoms with Gasteiger partial charge in [0.25, 0.3) is 10.0 Å². The lowest BCUT2D eigenvalue weighted by atomic mass is 10.0. The first kappa shape index (κ1) is 18.9. The Kier molecular flexibility index (Phi) is 5.73. The van der Waals surface area contributed by atoms with Crippen LogP contribution in [0.2, 0.25) is 0 Å². The topological polar surface area (TPSA) is 88.7 Å². The fraction of sp³-hybridized carbons (Fsp3) is 0.353. The molecule has 1 aromatic heterocycles. The highest BCUT2D eigenvalue weighted by atomic mass is 32.2. The van der Waals surface area contributed by atoms with Crippen molar-refractivity contribution >= 4 is 21.7 Å². The molecule has 1 aromatic carbocycles. The minimum Gasteiger partial charge on any atom is -0.497 e. The SMILES string of the molecule is COC(=O)[C@@H](C(C)C)N(c1cc[nH]c1)S(=O)(=O)c1ccc(OC)cc1. The molecule has 0 saturated carbocycles. The maximum Gasteiger partial charge on any atom is 0.329 e. The van der Waals surface area contributed by atoms with E-state index in [4.69, 9.17) is 9.47 Å². The second kappa shape index (κ2) is 7.60. The Morgan fingerprint density at radius 2 is 1.76 bits per heavy atom. The van der Waals surface area contributed by atoms with Crippen molar-refractivity contribution in [2.24, 2.45) is 5.92 Å². The molecule has 0 fully saturated rings. The van der Waals surface area contributed by atoms with E-state index in [2.05, 4.69) is 4.98 Å². The highest BCUT2D eigenvalue weighted by Gasteiger charge is 2.39. The third-order valence-corrected chi connectivity index (χ3v) is 5.60. The molecule has 1 atom stereocenters. The van der Waals surface area contributed by atoms with Gasteiger partial charge < -0.3 is 14.5 Å². The van der Waals surface area contributed by atoms with Gasteiger partial charge in [0.2, 0.25) is 0 Å². The van der Waals surface area contributed by atoms with E-state index in [0.717, 1.165) is 4.31 Å². The lowest BCUT2D eigenvalue weighted by Crippen LogP contribution is -2.48. The molecular formula is C17H22N2O5S. The number of sulfonamides is 1. The van der Waals surface area contributed by atoms with Crippen molar-refractivity contribution in [3.05, 3.63) is 42.7 Å². The van der Waals surface area contributed by atoms with E-state index >= 15 is 0 Å². The van der Waals surface area contributed by atoms with Crippen LogP contribution in [-0.2, 0) is 19.6 Å². The molecule has 136 valence electrons. The Bertz CT molecular complexity index is 798. The number of aromatic amines is 1. The normalized spacial score (nSPS) is 12.7. The number of methoxy groups -OCH3 is 2. The van der Waals surface area contributed by atoms with Crippen LogP contribution in [0.5, 0.6) is 5.75 Å². The van der Waals surface area contributed by atoms with Crippen molar-refractivity contribution in [3.8, 4) is 5.75 Å². The summed E-state index contributed by atoms with van der Waals surface area (Å²) in [5, 5.41) is 0. The van der Waals surface area contributed by atoms with Crippen molar-refractivity contribution < 1.29 is 22.7 Å². The molecule has 0 unspecified atom stereocenters. The molecule has 0 aliphatic heterocycles. The van der Waals surface area contributed by atoms with Gasteiger partial charge in [0, 0.05) is 12.4 Å². The molecule has 0 bridgehead atoms. The molecule has 1 N–H and O–H groups in total. The predicted octanol–water partition coefficient (Wildman–Crippen LogP) is 2.42. The monoisotopic (exact) mass is 366 g/mol. The predicted molar refractivity (Wildman–Crippen MR) is 94.1 cm³/mol. The molecule has 0 aliphatic rings. The Morgan fingerprint density at radius 3 is 2.20 bits per heavy atom. The summed E-state index contributed by atoms with van der Waals surface area (Å²) in [6.45, 7) is 3.54. The quantitative estimate of drug-likeness (QED) is 0.760. The van der Waals surface area contributed by atoms with Gasteiger partial charge in [0.05, 0.1) is 24.8 Å². The third kappa shape index (κ3) is 3.79. The Labute approximate surface area is 147 Å². The average Bonchev–Trinajstić information content (AvgIpc) is 3.12. The second-order valence-electron chi connectivity index (χ2n) is 5.76. The van der Waals surface area contributed by atoms with Gasteiger partial charge in [0.15, 0.2) is 0 Å². The van der Waals surface area contributed by atoms with E-state index < -0.39 is 22.0 Å². The first-order chi connectivity index (χ1) is 11.8. The van der Waals surface area contributed by atoms with Gasteiger partial charge in [-0.3, -0.25) is 4.31 Å². The molecule has 25 heavy (non-hydrogen) atoms. The minimum absolute atomic E-state index is 0.0593. The van der Waals surface area contributed by atoms with Crippen LogP contribution in [-0.4, -0.2) is 39.6 Å². The number of nitrogens with zero attached hydrogens (tertiary/aromatic N) is 1. The molecule has 0 aliphatic carbocycles. The van der Waals surface area contributed by atoms with Crippen molar-refractivity contribution in [3.63, 3.8) is 0 Å². The molecule has 8 heteroatoms. The number of ether oxygens (including phenoxy) is 2. The summed E-state index contributed by atoms with van der Waals surface area (Å²) < 4.78 is 37.5. The van der Waals surface area contributed by atoms with Crippen LogP contribution in [0.4, 0.5) is 5.69 Å². The van der Waals surface area contributed by atoms with E-state index in [1.54, 1.807) is 38.2 Å². The number of esters is 1. The maximum absolute atomic E-state index is 13.3. The lowest BCUT2D eigenvalue weighted by molar-refractivity contribution is -0.142. The van der Waals surface area contributed by atoms with Crippen LogP contribution in [0.25, 0.3) is 0 Å². The molecule has 0 amide bonds. The molecule has 0 spiro atoms. The van der Waals surface area contributed by atoms with Crippen LogP contribution in [0.15, 0.2) is 47.6 Å². The largest absolute Gasteiger partial charge is 0.497 e. The molecule has 2 rings (SSSR count). The van der Waals surface area contributed by atoms with Crippen LogP contribution >= 0.6 is 0 Å². The summed E-state index contributed by atoms with van der Waals surface area (Å²) in [6.07, 6.45) is 3.12. The lowest BCUT2D eigenvalue weighted by Gasteiger charge is -2.32. The summed E-state index contributed by atoms with van der Waals surface area (Å²) in [7, 11) is -1.25. The van der Waals surface area contributed by atoms with E-state index in [1.165, 1.54) is 32.5 Å². The summed E-state index contributed by atoms with van der Waals surface area (Å²) >= 11 is 0. The number of carbonyl (C=O) groups is 1. The number of carbonyl (C=O) groups excluding carboxylic acids is 1. The minimum atomic E-state index is -3.99. The van der Waals surface area contributed by atoms with Crippen molar-refractivity contribution in [2.45, 2.75) is 24.8 Å². The van der Waals surface area contributed by atoms with E-state index in [0.29, 0.717) is 11.4 Å². The number of H-pyrrole nitrogens is 1. The van der Waals surface area contributed by atoms with Crippen molar-refractivity contribution in [2.75, 3.05) is 18.5 Å². The summed E-state index contributed by atoms with van der Waals surface area (Å²) in [6, 6.07) is 6.62. The zero-order valence-electron chi connectivity index (χ0n) is 14.6. The van der Waals surface area contributed by atoms with Crippen molar-refractivity contribution in [1.29, 1.82) is 0 Å². The van der Waals surface area contributed by atoms with Crippen LogP contribution in [0, 0.1) is 5.92 Å². The van der Waals surface area contributed by atoms with Crippen molar-refractivity contribution in [1.82, 2.24) is 4.98 Å². The van der Waals surface area contributed by atoms with Gasteiger partial charge in [-0.1, -0.05) is 13.8 Å². The highest BCUT2D eigenvalue weighted by Crippen LogP contribution is 2.30. The summed E-state index contributed by atoms with van der Waals surface area (Å²) in [5.41, 5.74) is 0.361. The number of anilines is 1. The van der Waals surface area contributed by atoms with Crippen LogP contribution < -0.4 is 9.04 Å². The zero-order valence-corrected chi connectivity index (χ0v) is 15.4. The number of aromatic nitrogens is 1. The average molecular weight is 366 g/mol. The number of benzene rings is 1. The van der Waals surface area contributed by atoms with Crippen LogP contribution in [0.3, 0.4) is 0 Å². The Morgan fingerprint density at radius 1 is 1.12 bits per heavy atom. The smallest absolute Gasteiger partial charge is 0.329 e. The summed E-state index contributed by atoms with van der Waals surface area (Å²) in [5.74, 6) is -0.371. The number of hydrogen-bond acceptors (Lipinski definition) is 5. The molecular weight excluding hydrogens is 344 g/mol. The molecule has 2 aromatic rings. The molecule has 1 heterocycles. The fourth-order valence-electron chi connectivity index (χ4n) is 2.52. The van der Waals surface area contributed by atoms with Gasteiger partial charge in [-0.2, -0.15) is 0 Å². The maximum atomic E-state index is 13.3. The second-order valence-corrected chi connectivity index (χ2v) is 7.57. The van der Waals surface area contributed by atoms with Gasteiger partial charge >= 0.3 is 5.97 Å². The molecule has 0 radical (unpaired) electrons. The Balaban J connectivity index is 2.59. The number of nitrogens with one attached hydrogen (secondary N) is 1. The fourth-order valence-corrected chi connectivity index (χ4v) is 4.25. The van der Waals surface area contributed by atoms with E-state index in [-0.39, 0.29) is 10.8 Å². The van der Waals surface area contributed by atoms with Gasteiger partial charge in [0.1, 0.15) is 11.8 Å². The standard InChI is InChI=1S/C17H22N2O5S/c1-12(2)16(17(20)24-4)19(13-9-10-18-11-13)25(21,22)15-7-5-14(23-3)6-8-15/h5-12,16,18H,1-4H3/t16-/m1/s1. The molecule has 7 nitrogen and oxygen atoms in total. The van der Waals surface area contributed by atoms with E-state index in [9.17, 15) is 13.2 Å². The summed E-state index contributed by atoms with van der Waals surface area (Å²) in [4.78, 5) is 15.2. The number of hydrogen-bond donors (Lipinski definition) is 1. The molecule has 0 saturated heterocycles. The highest BCUT2D eigenvalue weighted by molar-refractivity contribution is 7.93. The number of rotatable bonds is 7.